The smallest absolute Gasteiger partial charge is 0.201 e. The summed E-state index contributed by atoms with van der Waals surface area (Å²) in [5, 5.41) is 0. The van der Waals surface area contributed by atoms with Crippen LogP contribution in [0.25, 0.3) is 11.0 Å². The SMILES string of the molecule is CN(CCn1c(N)nc2ccc(F)c(F)c21)C1CC1. The first kappa shape index (κ1) is 12.3. The van der Waals surface area contributed by atoms with Crippen LogP contribution in [-0.2, 0) is 6.54 Å². The second-order valence-corrected chi connectivity index (χ2v) is 5.06. The average Bonchev–Trinajstić information content (AvgIpc) is 3.16. The Morgan fingerprint density at radius 1 is 1.42 bits per heavy atom. The van der Waals surface area contributed by atoms with Gasteiger partial charge in [0.25, 0.3) is 0 Å². The van der Waals surface area contributed by atoms with Gasteiger partial charge in [0.1, 0.15) is 5.52 Å². The number of halogens is 2. The van der Waals surface area contributed by atoms with E-state index in [9.17, 15) is 8.78 Å². The van der Waals surface area contributed by atoms with Crippen molar-refractivity contribution in [2.24, 2.45) is 0 Å². The summed E-state index contributed by atoms with van der Waals surface area (Å²) >= 11 is 0. The number of nitrogens with two attached hydrogens (primary N) is 1. The van der Waals surface area contributed by atoms with Crippen LogP contribution in [0.15, 0.2) is 12.1 Å². The van der Waals surface area contributed by atoms with Crippen LogP contribution < -0.4 is 5.73 Å². The van der Waals surface area contributed by atoms with Crippen LogP contribution in [0.1, 0.15) is 12.8 Å². The predicted molar refractivity (Wildman–Crippen MR) is 69.7 cm³/mol. The molecule has 2 N–H and O–H groups in total. The van der Waals surface area contributed by atoms with Crippen molar-refractivity contribution < 1.29 is 8.78 Å². The molecular formula is C13H16F2N4. The van der Waals surface area contributed by atoms with E-state index in [0.29, 0.717) is 18.1 Å². The molecule has 102 valence electrons. The molecule has 3 rings (SSSR count). The molecule has 6 heteroatoms. The van der Waals surface area contributed by atoms with E-state index in [-0.39, 0.29) is 11.5 Å². The number of fused-ring (bicyclic) bond motifs is 1. The lowest BCUT2D eigenvalue weighted by Crippen LogP contribution is -2.25. The lowest BCUT2D eigenvalue weighted by molar-refractivity contribution is 0.311. The van der Waals surface area contributed by atoms with Gasteiger partial charge in [-0.05, 0) is 32.0 Å². The summed E-state index contributed by atoms with van der Waals surface area (Å²) in [6, 6.07) is 3.15. The van der Waals surface area contributed by atoms with Crippen molar-refractivity contribution >= 4 is 17.0 Å². The van der Waals surface area contributed by atoms with E-state index in [1.54, 1.807) is 4.57 Å². The Kier molecular flexibility index (Phi) is 2.89. The molecule has 1 aromatic carbocycles. The van der Waals surface area contributed by atoms with Gasteiger partial charge in [-0.25, -0.2) is 13.8 Å². The third-order valence-corrected chi connectivity index (χ3v) is 3.68. The van der Waals surface area contributed by atoms with Crippen LogP contribution in [0.5, 0.6) is 0 Å². The maximum absolute atomic E-state index is 13.9. The van der Waals surface area contributed by atoms with Crippen LogP contribution in [0, 0.1) is 11.6 Å². The van der Waals surface area contributed by atoms with E-state index < -0.39 is 11.6 Å². The number of hydrogen-bond acceptors (Lipinski definition) is 3. The van der Waals surface area contributed by atoms with Gasteiger partial charge >= 0.3 is 0 Å². The van der Waals surface area contributed by atoms with Crippen LogP contribution in [0.4, 0.5) is 14.7 Å². The zero-order valence-electron chi connectivity index (χ0n) is 10.7. The van der Waals surface area contributed by atoms with Gasteiger partial charge in [0.15, 0.2) is 11.6 Å². The fourth-order valence-electron chi connectivity index (χ4n) is 2.36. The normalized spacial score (nSPS) is 15.6. The number of nitrogens with zero attached hydrogens (tertiary/aromatic N) is 3. The molecule has 4 nitrogen and oxygen atoms in total. The van der Waals surface area contributed by atoms with Crippen molar-refractivity contribution in [1.82, 2.24) is 14.5 Å². The van der Waals surface area contributed by atoms with E-state index in [2.05, 4.69) is 9.88 Å². The van der Waals surface area contributed by atoms with Gasteiger partial charge in [0.2, 0.25) is 5.95 Å². The molecule has 0 spiro atoms. The molecule has 1 aliphatic rings. The minimum absolute atomic E-state index is 0.154. The molecular weight excluding hydrogens is 250 g/mol. The number of likely N-dealkylation sites (N-methyl/N-ethyl adjacent to an activating group) is 1. The summed E-state index contributed by atoms with van der Waals surface area (Å²) < 4.78 is 28.7. The summed E-state index contributed by atoms with van der Waals surface area (Å²) in [7, 11) is 2.03. The molecule has 0 aliphatic heterocycles. The van der Waals surface area contributed by atoms with Gasteiger partial charge in [0.05, 0.1) is 5.52 Å². The molecule has 1 heterocycles. The monoisotopic (exact) mass is 266 g/mol. The zero-order chi connectivity index (χ0) is 13.6. The van der Waals surface area contributed by atoms with Gasteiger partial charge in [-0.15, -0.1) is 0 Å². The summed E-state index contributed by atoms with van der Waals surface area (Å²) in [5.74, 6) is -1.52. The summed E-state index contributed by atoms with van der Waals surface area (Å²) in [6.45, 7) is 1.26. The third kappa shape index (κ3) is 2.16. The third-order valence-electron chi connectivity index (χ3n) is 3.68. The molecule has 1 saturated carbocycles. The summed E-state index contributed by atoms with van der Waals surface area (Å²) in [6.07, 6.45) is 2.42. The zero-order valence-corrected chi connectivity index (χ0v) is 10.7. The largest absolute Gasteiger partial charge is 0.369 e. The highest BCUT2D eigenvalue weighted by atomic mass is 19.2. The van der Waals surface area contributed by atoms with E-state index in [0.717, 1.165) is 12.6 Å². The Morgan fingerprint density at radius 2 is 2.16 bits per heavy atom. The Balaban J connectivity index is 1.92. The molecule has 19 heavy (non-hydrogen) atoms. The second kappa shape index (κ2) is 4.45. The van der Waals surface area contributed by atoms with Gasteiger partial charge in [-0.3, -0.25) is 0 Å². The van der Waals surface area contributed by atoms with E-state index in [1.165, 1.54) is 18.9 Å². The average molecular weight is 266 g/mol. The van der Waals surface area contributed by atoms with Crippen LogP contribution >= 0.6 is 0 Å². The molecule has 1 fully saturated rings. The first-order valence-electron chi connectivity index (χ1n) is 6.38. The Hall–Kier alpha value is -1.69. The number of benzene rings is 1. The lowest BCUT2D eigenvalue weighted by Gasteiger charge is -2.16. The highest BCUT2D eigenvalue weighted by Gasteiger charge is 2.26. The van der Waals surface area contributed by atoms with E-state index in [4.69, 9.17) is 5.73 Å². The van der Waals surface area contributed by atoms with Gasteiger partial charge < -0.3 is 15.2 Å². The van der Waals surface area contributed by atoms with Crippen molar-refractivity contribution in [2.45, 2.75) is 25.4 Å². The number of rotatable bonds is 4. The molecule has 0 amide bonds. The number of hydrogen-bond donors (Lipinski definition) is 1. The van der Waals surface area contributed by atoms with Gasteiger partial charge in [-0.1, -0.05) is 0 Å². The van der Waals surface area contributed by atoms with Crippen molar-refractivity contribution in [2.75, 3.05) is 19.3 Å². The molecule has 1 aliphatic carbocycles. The maximum atomic E-state index is 13.9. The van der Waals surface area contributed by atoms with Gasteiger partial charge in [-0.2, -0.15) is 0 Å². The fraction of sp³-hybridized carbons (Fsp3) is 0.462. The highest BCUT2D eigenvalue weighted by Crippen LogP contribution is 2.26. The van der Waals surface area contributed by atoms with Crippen molar-refractivity contribution in [3.8, 4) is 0 Å². The number of anilines is 1. The maximum Gasteiger partial charge on any atom is 0.201 e. The Bertz CT molecular complexity index is 619. The quantitative estimate of drug-likeness (QED) is 0.920. The molecule has 0 unspecified atom stereocenters. The van der Waals surface area contributed by atoms with Crippen molar-refractivity contribution in [3.05, 3.63) is 23.8 Å². The molecule has 2 aromatic rings. The number of aromatic nitrogens is 2. The summed E-state index contributed by atoms with van der Waals surface area (Å²) in [4.78, 5) is 6.28. The molecule has 0 bridgehead atoms. The first-order chi connectivity index (χ1) is 9.08. The first-order valence-corrected chi connectivity index (χ1v) is 6.38. The highest BCUT2D eigenvalue weighted by molar-refractivity contribution is 5.79. The number of nitrogen functional groups attached to an aromatic ring is 1. The van der Waals surface area contributed by atoms with Crippen LogP contribution in [0.2, 0.25) is 0 Å². The minimum atomic E-state index is -0.879. The summed E-state index contributed by atoms with van der Waals surface area (Å²) in [5.41, 5.74) is 6.34. The lowest BCUT2D eigenvalue weighted by atomic mass is 10.3. The predicted octanol–water partition coefficient (Wildman–Crippen LogP) is 1.99. The minimum Gasteiger partial charge on any atom is -0.369 e. The second-order valence-electron chi connectivity index (χ2n) is 5.06. The standard InChI is InChI=1S/C13H16F2N4/c1-18(8-2-3-8)6-7-19-12-10(17-13(19)16)5-4-9(14)11(12)15/h4-5,8H,2-3,6-7H2,1H3,(H2,16,17). The molecule has 0 radical (unpaired) electrons. The molecule has 0 atom stereocenters. The fourth-order valence-corrected chi connectivity index (χ4v) is 2.36. The van der Waals surface area contributed by atoms with Crippen LogP contribution in [0.3, 0.4) is 0 Å². The van der Waals surface area contributed by atoms with E-state index in [1.807, 2.05) is 7.05 Å². The Morgan fingerprint density at radius 3 is 2.84 bits per heavy atom. The molecule has 1 aromatic heterocycles. The van der Waals surface area contributed by atoms with Gasteiger partial charge in [0, 0.05) is 19.1 Å². The topological polar surface area (TPSA) is 47.1 Å². The van der Waals surface area contributed by atoms with Crippen molar-refractivity contribution in [3.63, 3.8) is 0 Å². The van der Waals surface area contributed by atoms with E-state index >= 15 is 0 Å². The molecule has 0 saturated heterocycles. The van der Waals surface area contributed by atoms with Crippen molar-refractivity contribution in [1.29, 1.82) is 0 Å². The number of imidazole rings is 1. The van der Waals surface area contributed by atoms with Crippen LogP contribution in [-0.4, -0.2) is 34.1 Å². The Labute approximate surface area is 109 Å².